The summed E-state index contributed by atoms with van der Waals surface area (Å²) in [6, 6.07) is 4.14. The predicted molar refractivity (Wildman–Crippen MR) is 90.8 cm³/mol. The molecule has 2 rings (SSSR count). The first-order chi connectivity index (χ1) is 11.2. The predicted octanol–water partition coefficient (Wildman–Crippen LogP) is 1.51. The number of nitrogens with zero attached hydrogens (tertiary/aromatic N) is 1. The summed E-state index contributed by atoms with van der Waals surface area (Å²) in [5.74, 6) is -1.09. The zero-order valence-corrected chi connectivity index (χ0v) is 15.6. The fraction of sp³-hybridized carbons (Fsp3) is 0.467. The molecular formula is C15H19BrN2O5S. The van der Waals surface area contributed by atoms with Gasteiger partial charge in [-0.3, -0.25) is 4.79 Å². The van der Waals surface area contributed by atoms with Gasteiger partial charge in [0.2, 0.25) is 10.0 Å². The Labute approximate surface area is 149 Å². The summed E-state index contributed by atoms with van der Waals surface area (Å²) in [7, 11) is -3.72. The summed E-state index contributed by atoms with van der Waals surface area (Å²) < 4.78 is 32.2. The monoisotopic (exact) mass is 418 g/mol. The lowest BCUT2D eigenvalue weighted by atomic mass is 10.0. The van der Waals surface area contributed by atoms with Crippen LogP contribution in [0, 0.1) is 5.92 Å². The summed E-state index contributed by atoms with van der Waals surface area (Å²) in [6.45, 7) is 2.44. The number of ether oxygens (including phenoxy) is 1. The van der Waals surface area contributed by atoms with Crippen LogP contribution in [0.15, 0.2) is 27.6 Å². The number of sulfonamides is 1. The van der Waals surface area contributed by atoms with E-state index in [-0.39, 0.29) is 10.5 Å². The highest BCUT2D eigenvalue weighted by molar-refractivity contribution is 9.10. The molecule has 24 heavy (non-hydrogen) atoms. The van der Waals surface area contributed by atoms with Gasteiger partial charge < -0.3 is 10.5 Å². The van der Waals surface area contributed by atoms with E-state index in [4.69, 9.17) is 10.5 Å². The molecule has 0 aliphatic carbocycles. The molecule has 1 saturated heterocycles. The van der Waals surface area contributed by atoms with Crippen molar-refractivity contribution >= 4 is 37.8 Å². The van der Waals surface area contributed by atoms with Crippen LogP contribution in [0.4, 0.5) is 0 Å². The molecule has 2 N–H and O–H groups in total. The van der Waals surface area contributed by atoms with Crippen molar-refractivity contribution in [2.75, 3.05) is 19.7 Å². The van der Waals surface area contributed by atoms with Crippen molar-refractivity contribution < 1.29 is 22.7 Å². The van der Waals surface area contributed by atoms with Crippen LogP contribution in [0.2, 0.25) is 0 Å². The third kappa shape index (κ3) is 4.34. The number of halogens is 1. The normalized spacial score (nSPS) is 16.8. The van der Waals surface area contributed by atoms with Crippen LogP contribution in [0.1, 0.15) is 30.1 Å². The fourth-order valence-electron chi connectivity index (χ4n) is 2.41. The van der Waals surface area contributed by atoms with Crippen molar-refractivity contribution in [3.63, 3.8) is 0 Å². The molecule has 1 amide bonds. The lowest BCUT2D eigenvalue weighted by Crippen LogP contribution is -2.38. The van der Waals surface area contributed by atoms with Crippen LogP contribution in [0.25, 0.3) is 0 Å². The molecule has 1 aromatic carbocycles. The highest BCUT2D eigenvalue weighted by Crippen LogP contribution is 2.29. The van der Waals surface area contributed by atoms with Gasteiger partial charge in [0, 0.05) is 17.6 Å². The van der Waals surface area contributed by atoms with E-state index in [0.717, 1.165) is 12.8 Å². The van der Waals surface area contributed by atoms with Crippen LogP contribution in [-0.2, 0) is 19.6 Å². The topological polar surface area (TPSA) is 107 Å². The molecule has 0 spiro atoms. The van der Waals surface area contributed by atoms with Crippen molar-refractivity contribution in [3.05, 3.63) is 28.2 Å². The molecule has 0 bridgehead atoms. The average Bonchev–Trinajstić information content (AvgIpc) is 2.53. The van der Waals surface area contributed by atoms with Crippen LogP contribution in [0.5, 0.6) is 0 Å². The van der Waals surface area contributed by atoms with Crippen molar-refractivity contribution in [1.82, 2.24) is 4.31 Å². The number of carbonyl (C=O) groups excluding carboxylic acids is 2. The molecule has 1 aliphatic rings. The molecule has 1 aromatic rings. The fourth-order valence-corrected chi connectivity index (χ4v) is 4.83. The van der Waals surface area contributed by atoms with Crippen molar-refractivity contribution in [2.45, 2.75) is 24.7 Å². The Morgan fingerprint density at radius 3 is 2.54 bits per heavy atom. The highest BCUT2D eigenvalue weighted by atomic mass is 79.9. The summed E-state index contributed by atoms with van der Waals surface area (Å²) in [5.41, 5.74) is 4.97. The van der Waals surface area contributed by atoms with E-state index in [1.165, 1.54) is 22.5 Å². The van der Waals surface area contributed by atoms with E-state index < -0.39 is 28.5 Å². The van der Waals surface area contributed by atoms with Crippen LogP contribution in [-0.4, -0.2) is 44.3 Å². The van der Waals surface area contributed by atoms with Crippen LogP contribution >= 0.6 is 15.9 Å². The largest absolute Gasteiger partial charge is 0.452 e. The second-order valence-electron chi connectivity index (χ2n) is 5.77. The Kier molecular flexibility index (Phi) is 6.00. The molecule has 0 radical (unpaired) electrons. The highest BCUT2D eigenvalue weighted by Gasteiger charge is 2.30. The molecule has 0 aromatic heterocycles. The van der Waals surface area contributed by atoms with E-state index in [9.17, 15) is 18.0 Å². The summed E-state index contributed by atoms with van der Waals surface area (Å²) in [6.07, 6.45) is 1.61. The number of carbonyl (C=O) groups is 2. The number of amides is 1. The van der Waals surface area contributed by atoms with Gasteiger partial charge in [-0.15, -0.1) is 0 Å². The Balaban J connectivity index is 2.27. The first-order valence-electron chi connectivity index (χ1n) is 7.47. The molecule has 0 saturated carbocycles. The van der Waals surface area contributed by atoms with Gasteiger partial charge in [-0.05, 0) is 52.9 Å². The van der Waals surface area contributed by atoms with Crippen molar-refractivity contribution in [1.29, 1.82) is 0 Å². The van der Waals surface area contributed by atoms with Gasteiger partial charge in [0.1, 0.15) is 0 Å². The van der Waals surface area contributed by atoms with Gasteiger partial charge in [-0.1, -0.05) is 6.92 Å². The number of rotatable bonds is 5. The molecule has 7 nitrogen and oxygen atoms in total. The Morgan fingerprint density at radius 1 is 1.33 bits per heavy atom. The zero-order chi connectivity index (χ0) is 17.9. The molecule has 1 heterocycles. The standard InChI is InChI=1S/C15H19BrN2O5S/c1-10-4-6-18(7-5-10)24(21,22)13-8-11(2-3-12(13)16)15(20)23-9-14(17)19/h2-3,8,10H,4-7,9H2,1H3,(H2,17,19). The number of hydrogen-bond acceptors (Lipinski definition) is 5. The molecule has 0 unspecified atom stereocenters. The third-order valence-corrected chi connectivity index (χ3v) is 6.77. The smallest absolute Gasteiger partial charge is 0.338 e. The minimum Gasteiger partial charge on any atom is -0.452 e. The number of hydrogen-bond donors (Lipinski definition) is 1. The van der Waals surface area contributed by atoms with Gasteiger partial charge >= 0.3 is 5.97 Å². The minimum atomic E-state index is -3.72. The molecule has 132 valence electrons. The summed E-state index contributed by atoms with van der Waals surface area (Å²) in [5, 5.41) is 0. The van der Waals surface area contributed by atoms with E-state index in [1.807, 2.05) is 0 Å². The number of benzene rings is 1. The quantitative estimate of drug-likeness (QED) is 0.729. The second kappa shape index (κ2) is 7.62. The molecular weight excluding hydrogens is 400 g/mol. The zero-order valence-electron chi connectivity index (χ0n) is 13.2. The van der Waals surface area contributed by atoms with Crippen LogP contribution in [0.3, 0.4) is 0 Å². The van der Waals surface area contributed by atoms with E-state index in [1.54, 1.807) is 0 Å². The maximum Gasteiger partial charge on any atom is 0.338 e. The molecule has 1 aliphatic heterocycles. The summed E-state index contributed by atoms with van der Waals surface area (Å²) >= 11 is 3.22. The summed E-state index contributed by atoms with van der Waals surface area (Å²) in [4.78, 5) is 22.6. The Morgan fingerprint density at radius 2 is 1.96 bits per heavy atom. The van der Waals surface area contributed by atoms with Crippen molar-refractivity contribution in [2.24, 2.45) is 11.7 Å². The molecule has 0 atom stereocenters. The second-order valence-corrected chi connectivity index (χ2v) is 8.53. The lowest BCUT2D eigenvalue weighted by molar-refractivity contribution is -0.121. The van der Waals surface area contributed by atoms with E-state index >= 15 is 0 Å². The third-order valence-electron chi connectivity index (χ3n) is 3.87. The first kappa shape index (κ1) is 18.9. The number of piperidine rings is 1. The van der Waals surface area contributed by atoms with Gasteiger partial charge in [0.15, 0.2) is 6.61 Å². The van der Waals surface area contributed by atoms with Gasteiger partial charge in [-0.25, -0.2) is 13.2 Å². The SMILES string of the molecule is CC1CCN(S(=O)(=O)c2cc(C(=O)OCC(N)=O)ccc2Br)CC1. The van der Waals surface area contributed by atoms with Gasteiger partial charge in [0.25, 0.3) is 5.91 Å². The van der Waals surface area contributed by atoms with Crippen molar-refractivity contribution in [3.8, 4) is 0 Å². The number of esters is 1. The van der Waals surface area contributed by atoms with Gasteiger partial charge in [-0.2, -0.15) is 4.31 Å². The molecule has 1 fully saturated rings. The maximum atomic E-state index is 12.8. The van der Waals surface area contributed by atoms with Gasteiger partial charge in [0.05, 0.1) is 10.5 Å². The average molecular weight is 419 g/mol. The lowest BCUT2D eigenvalue weighted by Gasteiger charge is -2.29. The first-order valence-corrected chi connectivity index (χ1v) is 9.70. The maximum absolute atomic E-state index is 12.8. The Bertz CT molecular complexity index is 742. The Hall–Kier alpha value is -1.45. The number of nitrogens with two attached hydrogens (primary N) is 1. The molecule has 9 heteroatoms. The van der Waals surface area contributed by atoms with E-state index in [0.29, 0.717) is 23.5 Å². The number of primary amides is 1. The van der Waals surface area contributed by atoms with E-state index in [2.05, 4.69) is 22.9 Å². The van der Waals surface area contributed by atoms with Crippen LogP contribution < -0.4 is 5.73 Å². The minimum absolute atomic E-state index is 0.00516.